The lowest BCUT2D eigenvalue weighted by Crippen LogP contribution is -2.19. The lowest BCUT2D eigenvalue weighted by Gasteiger charge is -2.10. The molecule has 0 bridgehead atoms. The summed E-state index contributed by atoms with van der Waals surface area (Å²) in [6.45, 7) is 1.66. The first-order valence-corrected chi connectivity index (χ1v) is 8.95. The van der Waals surface area contributed by atoms with Gasteiger partial charge in [0, 0.05) is 39.6 Å². The first-order chi connectivity index (χ1) is 13.5. The molecule has 28 heavy (non-hydrogen) atoms. The topological polar surface area (TPSA) is 69.8 Å². The molecule has 2 aromatic heterocycles. The van der Waals surface area contributed by atoms with Crippen molar-refractivity contribution in [3.8, 4) is 11.3 Å². The fourth-order valence-electron chi connectivity index (χ4n) is 2.98. The van der Waals surface area contributed by atoms with Crippen LogP contribution in [0.15, 0.2) is 60.9 Å². The second-order valence-corrected chi connectivity index (χ2v) is 6.78. The van der Waals surface area contributed by atoms with Crippen LogP contribution >= 0.6 is 11.6 Å². The predicted octanol–water partition coefficient (Wildman–Crippen LogP) is 5.97. The molecule has 0 fully saturated rings. The van der Waals surface area contributed by atoms with Crippen molar-refractivity contribution >= 4 is 39.9 Å². The van der Waals surface area contributed by atoms with Gasteiger partial charge >= 0.3 is 6.03 Å². The number of halogens is 2. The Hall–Kier alpha value is -3.38. The van der Waals surface area contributed by atoms with E-state index in [1.807, 2.05) is 18.2 Å². The van der Waals surface area contributed by atoms with Crippen molar-refractivity contribution in [3.05, 3.63) is 77.3 Å². The highest BCUT2D eigenvalue weighted by Crippen LogP contribution is 2.36. The Bertz CT molecular complexity index is 1170. The summed E-state index contributed by atoms with van der Waals surface area (Å²) < 4.78 is 13.7. The zero-order valence-electron chi connectivity index (χ0n) is 14.9. The lowest BCUT2D eigenvalue weighted by molar-refractivity contribution is 0.262. The monoisotopic (exact) mass is 394 g/mol. The Balaban J connectivity index is 1.71. The Morgan fingerprint density at radius 1 is 1.07 bits per heavy atom. The molecule has 7 heteroatoms. The molecule has 5 nitrogen and oxygen atoms in total. The Morgan fingerprint density at radius 3 is 2.61 bits per heavy atom. The number of aryl methyl sites for hydroxylation is 1. The summed E-state index contributed by atoms with van der Waals surface area (Å²) in [5.41, 5.74) is 3.87. The molecule has 0 atom stereocenters. The smallest absolute Gasteiger partial charge is 0.323 e. The van der Waals surface area contributed by atoms with Gasteiger partial charge in [-0.3, -0.25) is 4.98 Å². The van der Waals surface area contributed by atoms with Crippen molar-refractivity contribution in [2.45, 2.75) is 6.92 Å². The van der Waals surface area contributed by atoms with Crippen molar-refractivity contribution in [2.24, 2.45) is 0 Å². The minimum atomic E-state index is -0.487. The van der Waals surface area contributed by atoms with Crippen LogP contribution in [-0.2, 0) is 0 Å². The number of pyridine rings is 1. The molecule has 0 unspecified atom stereocenters. The highest BCUT2D eigenvalue weighted by molar-refractivity contribution is 6.31. The summed E-state index contributed by atoms with van der Waals surface area (Å²) in [6, 6.07) is 13.1. The van der Waals surface area contributed by atoms with E-state index in [1.165, 1.54) is 6.07 Å². The summed E-state index contributed by atoms with van der Waals surface area (Å²) in [6.07, 6.45) is 3.35. The van der Waals surface area contributed by atoms with Crippen LogP contribution in [0.5, 0.6) is 0 Å². The molecular weight excluding hydrogens is 379 g/mol. The first-order valence-electron chi connectivity index (χ1n) is 8.57. The maximum absolute atomic E-state index is 13.7. The van der Waals surface area contributed by atoms with Crippen LogP contribution in [0.2, 0.25) is 5.02 Å². The number of urea groups is 1. The third kappa shape index (κ3) is 3.54. The van der Waals surface area contributed by atoms with Gasteiger partial charge in [0.2, 0.25) is 0 Å². The number of hydrogen-bond donors (Lipinski definition) is 3. The zero-order valence-corrected chi connectivity index (χ0v) is 15.6. The van der Waals surface area contributed by atoms with Crippen LogP contribution in [-0.4, -0.2) is 16.0 Å². The van der Waals surface area contributed by atoms with E-state index >= 15 is 0 Å². The number of rotatable bonds is 3. The van der Waals surface area contributed by atoms with Gasteiger partial charge in [0.25, 0.3) is 0 Å². The van der Waals surface area contributed by atoms with Gasteiger partial charge in [0.15, 0.2) is 0 Å². The van der Waals surface area contributed by atoms with E-state index in [0.29, 0.717) is 22.0 Å². The SMILES string of the molecule is Cc1ccc(NC(=O)Nc2c(-c3ccncc3)[nH]c3ccc(Cl)cc23)cc1F. The number of aromatic nitrogens is 2. The van der Waals surface area contributed by atoms with E-state index in [0.717, 1.165) is 22.2 Å². The summed E-state index contributed by atoms with van der Waals surface area (Å²) in [4.78, 5) is 19.9. The number of amides is 2. The van der Waals surface area contributed by atoms with Crippen LogP contribution in [0.3, 0.4) is 0 Å². The van der Waals surface area contributed by atoms with Crippen molar-refractivity contribution in [2.75, 3.05) is 10.6 Å². The number of hydrogen-bond acceptors (Lipinski definition) is 2. The first kappa shape index (κ1) is 18.0. The van der Waals surface area contributed by atoms with Crippen molar-refractivity contribution < 1.29 is 9.18 Å². The molecule has 2 heterocycles. The lowest BCUT2D eigenvalue weighted by atomic mass is 10.1. The fourth-order valence-corrected chi connectivity index (χ4v) is 3.15. The van der Waals surface area contributed by atoms with E-state index in [2.05, 4.69) is 20.6 Å². The summed E-state index contributed by atoms with van der Waals surface area (Å²) in [5, 5.41) is 6.84. The van der Waals surface area contributed by atoms with E-state index < -0.39 is 6.03 Å². The number of aromatic amines is 1. The quantitative estimate of drug-likeness (QED) is 0.400. The molecular formula is C21H16ClFN4O. The zero-order chi connectivity index (χ0) is 19.7. The van der Waals surface area contributed by atoms with E-state index in [4.69, 9.17) is 11.6 Å². The highest BCUT2D eigenvalue weighted by Gasteiger charge is 2.16. The molecule has 0 saturated carbocycles. The van der Waals surface area contributed by atoms with Gasteiger partial charge in [-0.15, -0.1) is 0 Å². The third-order valence-electron chi connectivity index (χ3n) is 4.40. The number of nitrogens with zero attached hydrogens (tertiary/aromatic N) is 1. The largest absolute Gasteiger partial charge is 0.353 e. The number of H-pyrrole nitrogens is 1. The van der Waals surface area contributed by atoms with Crippen molar-refractivity contribution in [1.29, 1.82) is 0 Å². The number of nitrogens with one attached hydrogen (secondary N) is 3. The van der Waals surface area contributed by atoms with E-state index in [1.54, 1.807) is 43.6 Å². The molecule has 0 saturated heterocycles. The second-order valence-electron chi connectivity index (χ2n) is 6.34. The number of carbonyl (C=O) groups excluding carboxylic acids is 1. The number of fused-ring (bicyclic) bond motifs is 1. The van der Waals surface area contributed by atoms with Crippen LogP contribution < -0.4 is 10.6 Å². The van der Waals surface area contributed by atoms with Gasteiger partial charge in [-0.25, -0.2) is 9.18 Å². The van der Waals surface area contributed by atoms with Gasteiger partial charge in [-0.1, -0.05) is 17.7 Å². The maximum Gasteiger partial charge on any atom is 0.323 e. The highest BCUT2D eigenvalue weighted by atomic mass is 35.5. The van der Waals surface area contributed by atoms with Gasteiger partial charge < -0.3 is 15.6 Å². The standard InChI is InChI=1S/C21H16ClFN4O/c1-12-2-4-15(11-17(12)23)25-21(28)27-20-16-10-14(22)3-5-18(16)26-19(20)13-6-8-24-9-7-13/h2-11,26H,1H3,(H2,25,27,28). The van der Waals surface area contributed by atoms with Crippen molar-refractivity contribution in [3.63, 3.8) is 0 Å². The average Bonchev–Trinajstić information content (AvgIpc) is 3.03. The minimum absolute atomic E-state index is 0.365. The Kier molecular flexibility index (Phi) is 4.71. The summed E-state index contributed by atoms with van der Waals surface area (Å²) in [7, 11) is 0. The molecule has 0 spiro atoms. The van der Waals surface area contributed by atoms with Crippen LogP contribution in [0, 0.1) is 12.7 Å². The molecule has 2 aromatic carbocycles. The van der Waals surface area contributed by atoms with Gasteiger partial charge in [0.05, 0.1) is 11.4 Å². The molecule has 0 aliphatic heterocycles. The molecule has 4 rings (SSSR count). The van der Waals surface area contributed by atoms with Crippen molar-refractivity contribution in [1.82, 2.24) is 9.97 Å². The molecule has 0 radical (unpaired) electrons. The summed E-state index contributed by atoms with van der Waals surface area (Å²) >= 11 is 6.15. The number of anilines is 2. The van der Waals surface area contributed by atoms with Crippen LogP contribution in [0.1, 0.15) is 5.56 Å². The number of benzene rings is 2. The summed E-state index contributed by atoms with van der Waals surface area (Å²) in [5.74, 6) is -0.380. The van der Waals surface area contributed by atoms with Crippen LogP contribution in [0.25, 0.3) is 22.2 Å². The van der Waals surface area contributed by atoms with Gasteiger partial charge in [-0.2, -0.15) is 0 Å². The molecule has 0 aliphatic carbocycles. The normalized spacial score (nSPS) is 10.8. The van der Waals surface area contributed by atoms with Gasteiger partial charge in [-0.05, 0) is 55.0 Å². The molecule has 3 N–H and O–H groups in total. The third-order valence-corrected chi connectivity index (χ3v) is 4.63. The Labute approximate surface area is 165 Å². The average molecular weight is 395 g/mol. The fraction of sp³-hybridized carbons (Fsp3) is 0.0476. The molecule has 2 amide bonds. The van der Waals surface area contributed by atoms with E-state index in [-0.39, 0.29) is 5.82 Å². The molecule has 140 valence electrons. The van der Waals surface area contributed by atoms with Gasteiger partial charge in [0.1, 0.15) is 5.82 Å². The van der Waals surface area contributed by atoms with Crippen LogP contribution in [0.4, 0.5) is 20.6 Å². The Morgan fingerprint density at radius 2 is 1.86 bits per heavy atom. The minimum Gasteiger partial charge on any atom is -0.353 e. The predicted molar refractivity (Wildman–Crippen MR) is 110 cm³/mol. The molecule has 4 aromatic rings. The second kappa shape index (κ2) is 7.32. The maximum atomic E-state index is 13.7. The molecule has 0 aliphatic rings. The van der Waals surface area contributed by atoms with E-state index in [9.17, 15) is 9.18 Å². The number of carbonyl (C=O) groups is 1.